The lowest BCUT2D eigenvalue weighted by Gasteiger charge is -2.18. The van der Waals surface area contributed by atoms with E-state index in [1.165, 1.54) is 28.0 Å². The van der Waals surface area contributed by atoms with E-state index < -0.39 is 0 Å². The molecule has 2 aromatic rings. The Kier molecular flexibility index (Phi) is 4.77. The number of aryl methyl sites for hydroxylation is 2. The van der Waals surface area contributed by atoms with Gasteiger partial charge in [-0.1, -0.05) is 77.9 Å². The van der Waals surface area contributed by atoms with Crippen LogP contribution in [0.2, 0.25) is 0 Å². The van der Waals surface area contributed by atoms with Gasteiger partial charge in [-0.15, -0.1) is 0 Å². The Balaban J connectivity index is 1.61. The molecular weight excluding hydrogens is 278 g/mol. The summed E-state index contributed by atoms with van der Waals surface area (Å²) < 4.78 is 0. The van der Waals surface area contributed by atoms with Gasteiger partial charge in [-0.25, -0.2) is 0 Å². The maximum absolute atomic E-state index is 3.53. The number of hydrogen-bond donors (Lipinski definition) is 1. The van der Waals surface area contributed by atoms with Gasteiger partial charge in [0, 0.05) is 11.7 Å². The number of para-hydroxylation sites is 1. The highest BCUT2D eigenvalue weighted by molar-refractivity contribution is 5.57. The maximum Gasteiger partial charge on any atom is 0.0482 e. The van der Waals surface area contributed by atoms with Gasteiger partial charge < -0.3 is 5.32 Å². The Morgan fingerprint density at radius 3 is 2.35 bits per heavy atom. The number of allylic oxidation sites excluding steroid dienone is 3. The van der Waals surface area contributed by atoms with Gasteiger partial charge in [0.15, 0.2) is 0 Å². The number of anilines is 1. The number of rotatable bonds is 4. The maximum atomic E-state index is 3.53. The molecule has 0 aromatic heterocycles. The minimum absolute atomic E-state index is 0.371. The average molecular weight is 301 g/mol. The van der Waals surface area contributed by atoms with Crippen LogP contribution < -0.4 is 5.32 Å². The summed E-state index contributed by atoms with van der Waals surface area (Å²) in [4.78, 5) is 0. The molecule has 116 valence electrons. The lowest BCUT2D eigenvalue weighted by atomic mass is 10.0. The molecule has 0 saturated carbocycles. The van der Waals surface area contributed by atoms with Crippen molar-refractivity contribution in [3.63, 3.8) is 0 Å². The van der Waals surface area contributed by atoms with Crippen LogP contribution in [-0.2, 0) is 0 Å². The van der Waals surface area contributed by atoms with Crippen LogP contribution in [0.5, 0.6) is 0 Å². The number of benzene rings is 2. The summed E-state index contributed by atoms with van der Waals surface area (Å²) in [7, 11) is 0. The van der Waals surface area contributed by atoms with Gasteiger partial charge in [0.05, 0.1) is 0 Å². The Morgan fingerprint density at radius 1 is 0.957 bits per heavy atom. The summed E-state index contributed by atoms with van der Waals surface area (Å²) >= 11 is 0. The van der Waals surface area contributed by atoms with E-state index in [9.17, 15) is 0 Å². The smallest absolute Gasteiger partial charge is 0.0482 e. The fourth-order valence-electron chi connectivity index (χ4n) is 2.91. The zero-order chi connectivity index (χ0) is 16.1. The molecule has 23 heavy (non-hydrogen) atoms. The van der Waals surface area contributed by atoms with E-state index >= 15 is 0 Å². The topological polar surface area (TPSA) is 12.0 Å². The van der Waals surface area contributed by atoms with Crippen LogP contribution in [0.1, 0.15) is 23.1 Å². The van der Waals surface area contributed by atoms with Crippen molar-refractivity contribution in [1.29, 1.82) is 0 Å². The van der Waals surface area contributed by atoms with Crippen molar-refractivity contribution in [2.24, 2.45) is 0 Å². The zero-order valence-corrected chi connectivity index (χ0v) is 13.8. The first-order valence-electron chi connectivity index (χ1n) is 8.15. The quantitative estimate of drug-likeness (QED) is 0.765. The summed E-state index contributed by atoms with van der Waals surface area (Å²) in [6, 6.07) is 17.4. The Labute approximate surface area is 139 Å². The lowest BCUT2D eigenvalue weighted by Crippen LogP contribution is -2.17. The SMILES string of the molecule is Cc1cc(C)cc(C=CC2=CCC(Nc3ccccc3)C=C2)c1. The summed E-state index contributed by atoms with van der Waals surface area (Å²) in [5.74, 6) is 0. The van der Waals surface area contributed by atoms with E-state index in [-0.39, 0.29) is 0 Å². The lowest BCUT2D eigenvalue weighted by molar-refractivity contribution is 0.878. The molecule has 0 spiro atoms. The van der Waals surface area contributed by atoms with Gasteiger partial charge in [-0.05, 0) is 43.5 Å². The molecule has 1 aliphatic rings. The minimum Gasteiger partial charge on any atom is -0.379 e. The van der Waals surface area contributed by atoms with Crippen molar-refractivity contribution in [1.82, 2.24) is 0 Å². The number of hydrogen-bond acceptors (Lipinski definition) is 1. The monoisotopic (exact) mass is 301 g/mol. The van der Waals surface area contributed by atoms with Gasteiger partial charge in [0.1, 0.15) is 0 Å². The Hall–Kier alpha value is -2.54. The third kappa shape index (κ3) is 4.46. The van der Waals surface area contributed by atoms with Crippen LogP contribution in [0.15, 0.2) is 78.4 Å². The molecule has 1 heteroatoms. The third-order valence-corrected chi connectivity index (χ3v) is 3.97. The molecule has 0 fully saturated rings. The second kappa shape index (κ2) is 7.15. The van der Waals surface area contributed by atoms with Crippen molar-refractivity contribution in [3.05, 3.63) is 95.1 Å². The van der Waals surface area contributed by atoms with Gasteiger partial charge in [0.2, 0.25) is 0 Å². The number of nitrogens with one attached hydrogen (secondary N) is 1. The predicted molar refractivity (Wildman–Crippen MR) is 101 cm³/mol. The molecule has 1 unspecified atom stereocenters. The van der Waals surface area contributed by atoms with Crippen molar-refractivity contribution in [2.75, 3.05) is 5.32 Å². The summed E-state index contributed by atoms with van der Waals surface area (Å²) in [5.41, 5.74) is 6.33. The highest BCUT2D eigenvalue weighted by Crippen LogP contribution is 2.18. The summed E-state index contributed by atoms with van der Waals surface area (Å²) in [6.07, 6.45) is 12.1. The van der Waals surface area contributed by atoms with Crippen LogP contribution in [0.3, 0.4) is 0 Å². The molecular formula is C22H23N. The van der Waals surface area contributed by atoms with E-state index in [0.29, 0.717) is 6.04 Å². The molecule has 1 nitrogen and oxygen atoms in total. The van der Waals surface area contributed by atoms with Crippen LogP contribution in [0.4, 0.5) is 5.69 Å². The van der Waals surface area contributed by atoms with Crippen LogP contribution in [0, 0.1) is 13.8 Å². The van der Waals surface area contributed by atoms with E-state index in [1.807, 2.05) is 6.07 Å². The van der Waals surface area contributed by atoms with Gasteiger partial charge in [-0.3, -0.25) is 0 Å². The zero-order valence-electron chi connectivity index (χ0n) is 13.8. The molecule has 1 aliphatic carbocycles. The van der Waals surface area contributed by atoms with Crippen molar-refractivity contribution < 1.29 is 0 Å². The molecule has 1 atom stereocenters. The fourth-order valence-corrected chi connectivity index (χ4v) is 2.91. The molecule has 0 heterocycles. The normalized spacial score (nSPS) is 17.3. The summed E-state index contributed by atoms with van der Waals surface area (Å²) in [6.45, 7) is 4.29. The first-order chi connectivity index (χ1) is 11.2. The minimum atomic E-state index is 0.371. The van der Waals surface area contributed by atoms with Crippen LogP contribution in [-0.4, -0.2) is 6.04 Å². The van der Waals surface area contributed by atoms with Gasteiger partial charge >= 0.3 is 0 Å². The highest BCUT2D eigenvalue weighted by atomic mass is 14.9. The Bertz CT molecular complexity index is 731. The molecule has 0 amide bonds. The molecule has 0 radical (unpaired) electrons. The van der Waals surface area contributed by atoms with Crippen LogP contribution in [0.25, 0.3) is 6.08 Å². The molecule has 0 saturated heterocycles. The molecule has 2 aromatic carbocycles. The molecule has 0 aliphatic heterocycles. The largest absolute Gasteiger partial charge is 0.379 e. The van der Waals surface area contributed by atoms with Crippen molar-refractivity contribution >= 4 is 11.8 Å². The average Bonchev–Trinajstić information content (AvgIpc) is 2.54. The van der Waals surface area contributed by atoms with Gasteiger partial charge in [-0.2, -0.15) is 0 Å². The van der Waals surface area contributed by atoms with E-state index in [0.717, 1.165) is 6.42 Å². The second-order valence-corrected chi connectivity index (χ2v) is 6.17. The standard InChI is InChI=1S/C22H23N/c1-17-14-18(2)16-20(15-17)9-8-19-10-12-22(13-11-19)23-21-6-4-3-5-7-21/h3-12,14-16,22-23H,13H2,1-2H3. The second-order valence-electron chi connectivity index (χ2n) is 6.17. The molecule has 1 N–H and O–H groups in total. The Morgan fingerprint density at radius 2 is 1.70 bits per heavy atom. The molecule has 0 bridgehead atoms. The van der Waals surface area contributed by atoms with E-state index in [4.69, 9.17) is 0 Å². The molecule has 3 rings (SSSR count). The van der Waals surface area contributed by atoms with E-state index in [1.54, 1.807) is 0 Å². The highest BCUT2D eigenvalue weighted by Gasteiger charge is 2.07. The van der Waals surface area contributed by atoms with E-state index in [2.05, 4.69) is 92.0 Å². The summed E-state index contributed by atoms with van der Waals surface area (Å²) in [5, 5.41) is 3.53. The fraction of sp³-hybridized carbons (Fsp3) is 0.182. The first kappa shape index (κ1) is 15.4. The first-order valence-corrected chi connectivity index (χ1v) is 8.15. The van der Waals surface area contributed by atoms with Gasteiger partial charge in [0.25, 0.3) is 0 Å². The van der Waals surface area contributed by atoms with Crippen molar-refractivity contribution in [2.45, 2.75) is 26.3 Å². The van der Waals surface area contributed by atoms with Crippen molar-refractivity contribution in [3.8, 4) is 0 Å². The van der Waals surface area contributed by atoms with Crippen LogP contribution >= 0.6 is 0 Å². The predicted octanol–water partition coefficient (Wildman–Crippen LogP) is 5.68. The third-order valence-electron chi connectivity index (χ3n) is 3.97.